The second-order valence-electron chi connectivity index (χ2n) is 5.49. The lowest BCUT2D eigenvalue weighted by Crippen LogP contribution is -2.31. The van der Waals surface area contributed by atoms with Crippen LogP contribution in [0.3, 0.4) is 0 Å². The number of nitrogens with two attached hydrogens (primary N) is 1. The second kappa shape index (κ2) is 5.55. The maximum atomic E-state index is 6.28. The van der Waals surface area contributed by atoms with Gasteiger partial charge in [0.25, 0.3) is 0 Å². The van der Waals surface area contributed by atoms with Crippen molar-refractivity contribution < 1.29 is 0 Å². The Bertz CT molecular complexity index is 805. The topological polar surface area (TPSA) is 59.5 Å². The van der Waals surface area contributed by atoms with Gasteiger partial charge in [-0.25, -0.2) is 4.98 Å². The number of hydrogen-bond donors (Lipinski definition) is 1. The van der Waals surface area contributed by atoms with E-state index < -0.39 is 0 Å². The van der Waals surface area contributed by atoms with E-state index in [1.54, 1.807) is 15.9 Å². The minimum absolute atomic E-state index is 0.604. The van der Waals surface area contributed by atoms with Crippen molar-refractivity contribution in [1.29, 1.82) is 0 Å². The lowest BCUT2D eigenvalue weighted by molar-refractivity contribution is 0.572. The highest BCUT2D eigenvalue weighted by atomic mass is 79.9. The standard InChI is InChI=1S/C15H16BrN5S/c16-12-13(17)21-14(11(8-18-21)10-4-7-22-9-10)19-15(12)20-5-2-1-3-6-20/h4,7-9H,1-3,5-6,17H2. The number of rotatable bonds is 2. The number of nitrogen functional groups attached to an aromatic ring is 1. The molecule has 0 amide bonds. The van der Waals surface area contributed by atoms with Crippen molar-refractivity contribution >= 4 is 44.5 Å². The van der Waals surface area contributed by atoms with E-state index >= 15 is 0 Å². The van der Waals surface area contributed by atoms with Crippen LogP contribution in [0, 0.1) is 0 Å². The van der Waals surface area contributed by atoms with Gasteiger partial charge in [-0.15, -0.1) is 0 Å². The molecule has 0 radical (unpaired) electrons. The minimum Gasteiger partial charge on any atom is -0.383 e. The van der Waals surface area contributed by atoms with E-state index in [2.05, 4.69) is 42.8 Å². The number of halogens is 1. The molecule has 0 unspecified atom stereocenters. The summed E-state index contributed by atoms with van der Waals surface area (Å²) in [6, 6.07) is 2.09. The molecule has 3 aromatic heterocycles. The molecular weight excluding hydrogens is 362 g/mol. The van der Waals surface area contributed by atoms with Crippen molar-refractivity contribution in [3.8, 4) is 11.1 Å². The van der Waals surface area contributed by atoms with Crippen LogP contribution in [0.2, 0.25) is 0 Å². The maximum absolute atomic E-state index is 6.28. The van der Waals surface area contributed by atoms with E-state index in [1.165, 1.54) is 19.3 Å². The van der Waals surface area contributed by atoms with Gasteiger partial charge in [0.05, 0.1) is 6.20 Å². The summed E-state index contributed by atoms with van der Waals surface area (Å²) in [5.74, 6) is 1.54. The molecule has 4 heterocycles. The molecule has 0 saturated carbocycles. The fourth-order valence-corrected chi connectivity index (χ4v) is 4.08. The second-order valence-corrected chi connectivity index (χ2v) is 7.06. The molecule has 1 fully saturated rings. The molecule has 114 valence electrons. The molecule has 0 spiro atoms. The monoisotopic (exact) mass is 377 g/mol. The number of piperidine rings is 1. The molecule has 22 heavy (non-hydrogen) atoms. The molecule has 1 aliphatic heterocycles. The van der Waals surface area contributed by atoms with Crippen molar-refractivity contribution in [2.75, 3.05) is 23.7 Å². The summed E-state index contributed by atoms with van der Waals surface area (Å²) in [7, 11) is 0. The first kappa shape index (κ1) is 14.0. The van der Waals surface area contributed by atoms with Crippen LogP contribution < -0.4 is 10.6 Å². The molecule has 0 bridgehead atoms. The third-order valence-corrected chi connectivity index (χ3v) is 5.54. The first-order valence-corrected chi connectivity index (χ1v) is 9.09. The summed E-state index contributed by atoms with van der Waals surface area (Å²) < 4.78 is 2.55. The lowest BCUT2D eigenvalue weighted by Gasteiger charge is -2.29. The minimum atomic E-state index is 0.604. The highest BCUT2D eigenvalue weighted by Gasteiger charge is 2.21. The Morgan fingerprint density at radius 2 is 2.05 bits per heavy atom. The molecule has 0 aliphatic carbocycles. The van der Waals surface area contributed by atoms with Crippen molar-refractivity contribution in [3.05, 3.63) is 27.5 Å². The van der Waals surface area contributed by atoms with E-state index in [1.807, 2.05) is 6.20 Å². The van der Waals surface area contributed by atoms with Gasteiger partial charge in [-0.3, -0.25) is 0 Å². The average Bonchev–Trinajstić information content (AvgIpc) is 3.20. The van der Waals surface area contributed by atoms with E-state index in [-0.39, 0.29) is 0 Å². The van der Waals surface area contributed by atoms with Gasteiger partial charge in [-0.1, -0.05) is 0 Å². The summed E-state index contributed by atoms with van der Waals surface area (Å²) in [4.78, 5) is 7.19. The highest BCUT2D eigenvalue weighted by Crippen LogP contribution is 2.35. The van der Waals surface area contributed by atoms with Crippen LogP contribution in [0.1, 0.15) is 19.3 Å². The van der Waals surface area contributed by atoms with Crippen LogP contribution in [-0.4, -0.2) is 27.7 Å². The van der Waals surface area contributed by atoms with E-state index in [0.29, 0.717) is 5.82 Å². The van der Waals surface area contributed by atoms with Gasteiger partial charge in [0.2, 0.25) is 0 Å². The number of fused-ring (bicyclic) bond motifs is 1. The van der Waals surface area contributed by atoms with Gasteiger partial charge in [0.15, 0.2) is 5.65 Å². The lowest BCUT2D eigenvalue weighted by atomic mass is 10.1. The highest BCUT2D eigenvalue weighted by molar-refractivity contribution is 9.10. The molecule has 3 aromatic rings. The SMILES string of the molecule is Nc1c(Br)c(N2CCCCC2)nc2c(-c3ccsc3)cnn12. The summed E-state index contributed by atoms with van der Waals surface area (Å²) in [5, 5.41) is 8.58. The number of thiophene rings is 1. The number of nitrogens with zero attached hydrogens (tertiary/aromatic N) is 4. The Morgan fingerprint density at radius 1 is 1.23 bits per heavy atom. The zero-order valence-corrected chi connectivity index (χ0v) is 14.4. The molecule has 4 rings (SSSR count). The van der Waals surface area contributed by atoms with E-state index in [9.17, 15) is 0 Å². The van der Waals surface area contributed by atoms with Crippen molar-refractivity contribution in [2.45, 2.75) is 19.3 Å². The third-order valence-electron chi connectivity index (χ3n) is 4.09. The Labute approximate surface area is 140 Å². The van der Waals surface area contributed by atoms with Crippen molar-refractivity contribution in [1.82, 2.24) is 14.6 Å². The molecule has 1 aliphatic rings. The smallest absolute Gasteiger partial charge is 0.167 e. The first-order valence-electron chi connectivity index (χ1n) is 7.36. The van der Waals surface area contributed by atoms with Crippen molar-refractivity contribution in [3.63, 3.8) is 0 Å². The fourth-order valence-electron chi connectivity index (χ4n) is 2.92. The molecular formula is C15H16BrN5S. The van der Waals surface area contributed by atoms with E-state index in [4.69, 9.17) is 10.7 Å². The summed E-state index contributed by atoms with van der Waals surface area (Å²) in [6.45, 7) is 2.06. The van der Waals surface area contributed by atoms with Gasteiger partial charge in [-0.2, -0.15) is 21.0 Å². The quantitative estimate of drug-likeness (QED) is 0.737. The summed E-state index contributed by atoms with van der Waals surface area (Å²) >= 11 is 5.28. The van der Waals surface area contributed by atoms with Crippen LogP contribution in [-0.2, 0) is 0 Å². The zero-order chi connectivity index (χ0) is 15.1. The largest absolute Gasteiger partial charge is 0.383 e. The number of hydrogen-bond acceptors (Lipinski definition) is 5. The number of anilines is 2. The Morgan fingerprint density at radius 3 is 2.77 bits per heavy atom. The first-order chi connectivity index (χ1) is 10.8. The summed E-state index contributed by atoms with van der Waals surface area (Å²) in [5.41, 5.74) is 9.27. The molecule has 7 heteroatoms. The Balaban J connectivity index is 1.90. The van der Waals surface area contributed by atoms with Crippen LogP contribution in [0.4, 0.5) is 11.6 Å². The van der Waals surface area contributed by atoms with Crippen LogP contribution in [0.15, 0.2) is 27.5 Å². The van der Waals surface area contributed by atoms with Gasteiger partial charge in [0, 0.05) is 18.7 Å². The van der Waals surface area contributed by atoms with Crippen LogP contribution in [0.25, 0.3) is 16.8 Å². The Kier molecular flexibility index (Phi) is 3.54. The molecule has 1 saturated heterocycles. The maximum Gasteiger partial charge on any atom is 0.167 e. The van der Waals surface area contributed by atoms with Gasteiger partial charge < -0.3 is 10.6 Å². The van der Waals surface area contributed by atoms with Crippen LogP contribution >= 0.6 is 27.3 Å². The predicted octanol–water partition coefficient (Wildman–Crippen LogP) is 3.79. The average molecular weight is 378 g/mol. The van der Waals surface area contributed by atoms with Gasteiger partial charge in [-0.05, 0) is 57.6 Å². The molecule has 0 aromatic carbocycles. The van der Waals surface area contributed by atoms with Crippen LogP contribution in [0.5, 0.6) is 0 Å². The van der Waals surface area contributed by atoms with E-state index in [0.717, 1.165) is 40.2 Å². The zero-order valence-electron chi connectivity index (χ0n) is 12.0. The molecule has 0 atom stereocenters. The molecule has 5 nitrogen and oxygen atoms in total. The number of aromatic nitrogens is 3. The summed E-state index contributed by atoms with van der Waals surface area (Å²) in [6.07, 6.45) is 5.54. The molecule has 2 N–H and O–H groups in total. The normalized spacial score (nSPS) is 15.6. The van der Waals surface area contributed by atoms with Crippen molar-refractivity contribution in [2.24, 2.45) is 0 Å². The predicted molar refractivity (Wildman–Crippen MR) is 94.5 cm³/mol. The van der Waals surface area contributed by atoms with Gasteiger partial charge >= 0.3 is 0 Å². The Hall–Kier alpha value is -1.60. The van der Waals surface area contributed by atoms with Gasteiger partial charge in [0.1, 0.15) is 16.1 Å². The fraction of sp³-hybridized carbons (Fsp3) is 0.333. The third kappa shape index (κ3) is 2.19.